The number of carboxylic acids is 1. The van der Waals surface area contributed by atoms with E-state index in [-0.39, 0.29) is 10.8 Å². The van der Waals surface area contributed by atoms with Crippen LogP contribution in [-0.2, 0) is 4.79 Å². The summed E-state index contributed by atoms with van der Waals surface area (Å²) >= 11 is 0. The molecule has 0 aliphatic heterocycles. The maximum Gasteiger partial charge on any atom is 0.320 e. The van der Waals surface area contributed by atoms with Crippen LogP contribution in [-0.4, -0.2) is 28.1 Å². The Kier molecular flexibility index (Phi) is 4.02. The largest absolute Gasteiger partial charge is 0.480 e. The van der Waals surface area contributed by atoms with Crippen LogP contribution in [0.1, 0.15) is 32.1 Å². The van der Waals surface area contributed by atoms with Crippen molar-refractivity contribution in [3.05, 3.63) is 10.1 Å². The zero-order valence-electron chi connectivity index (χ0n) is 8.46. The lowest BCUT2D eigenvalue weighted by Gasteiger charge is -2.24. The molecule has 1 rings (SSSR count). The molecule has 0 aromatic carbocycles. The molecule has 0 aromatic heterocycles. The Morgan fingerprint density at radius 1 is 1.47 bits per heavy atom. The van der Waals surface area contributed by atoms with Crippen LogP contribution in [0.25, 0.3) is 0 Å². The van der Waals surface area contributed by atoms with Crippen LogP contribution in [0.2, 0.25) is 0 Å². The van der Waals surface area contributed by atoms with E-state index < -0.39 is 18.1 Å². The SMILES string of the molecule is NC(CC1CCC([N+](=O)[O-])CC1)C(=O)O. The highest BCUT2D eigenvalue weighted by Gasteiger charge is 2.30. The van der Waals surface area contributed by atoms with Crippen molar-refractivity contribution in [3.8, 4) is 0 Å². The van der Waals surface area contributed by atoms with Gasteiger partial charge in [-0.1, -0.05) is 0 Å². The predicted molar refractivity (Wildman–Crippen MR) is 53.0 cm³/mol. The third kappa shape index (κ3) is 3.47. The molecule has 0 amide bonds. The van der Waals surface area contributed by atoms with Gasteiger partial charge in [0.1, 0.15) is 6.04 Å². The maximum absolute atomic E-state index is 10.5. The molecule has 0 aromatic rings. The van der Waals surface area contributed by atoms with Gasteiger partial charge in [-0.25, -0.2) is 0 Å². The fraction of sp³-hybridized carbons (Fsp3) is 0.889. The van der Waals surface area contributed by atoms with Gasteiger partial charge in [0.2, 0.25) is 6.04 Å². The van der Waals surface area contributed by atoms with Crippen LogP contribution in [0.3, 0.4) is 0 Å². The van der Waals surface area contributed by atoms with Gasteiger partial charge in [0.05, 0.1) is 0 Å². The summed E-state index contributed by atoms with van der Waals surface area (Å²) in [6.45, 7) is 0. The molecule has 1 aliphatic carbocycles. The number of hydrogen-bond donors (Lipinski definition) is 2. The van der Waals surface area contributed by atoms with Gasteiger partial charge in [-0.3, -0.25) is 14.9 Å². The smallest absolute Gasteiger partial charge is 0.320 e. The molecule has 3 N–H and O–H groups in total. The molecule has 0 heterocycles. The predicted octanol–water partition coefficient (Wildman–Crippen LogP) is 0.624. The lowest BCUT2D eigenvalue weighted by atomic mass is 9.83. The average Bonchev–Trinajstić information content (AvgIpc) is 2.18. The van der Waals surface area contributed by atoms with E-state index in [1.165, 1.54) is 0 Å². The standard InChI is InChI=1S/C9H16N2O4/c10-8(9(12)13)5-6-1-3-7(4-2-6)11(14)15/h6-8H,1-5,10H2,(H,12,13). The topological polar surface area (TPSA) is 106 Å². The number of nitro groups is 1. The van der Waals surface area contributed by atoms with Crippen molar-refractivity contribution >= 4 is 5.97 Å². The molecule has 1 unspecified atom stereocenters. The van der Waals surface area contributed by atoms with Crippen molar-refractivity contribution in [3.63, 3.8) is 0 Å². The maximum atomic E-state index is 10.5. The molecule has 0 saturated heterocycles. The molecule has 6 heteroatoms. The first kappa shape index (κ1) is 11.9. The fourth-order valence-electron chi connectivity index (χ4n) is 2.05. The normalized spacial score (nSPS) is 28.3. The number of carboxylic acid groups (broad SMARTS) is 1. The first-order valence-electron chi connectivity index (χ1n) is 5.12. The molecular weight excluding hydrogens is 200 g/mol. The second kappa shape index (κ2) is 5.06. The van der Waals surface area contributed by atoms with E-state index in [4.69, 9.17) is 10.8 Å². The number of rotatable bonds is 4. The fourth-order valence-corrected chi connectivity index (χ4v) is 2.05. The van der Waals surface area contributed by atoms with E-state index in [9.17, 15) is 14.9 Å². The van der Waals surface area contributed by atoms with Crippen LogP contribution in [0.5, 0.6) is 0 Å². The van der Waals surface area contributed by atoms with E-state index >= 15 is 0 Å². The van der Waals surface area contributed by atoms with E-state index in [1.807, 2.05) is 0 Å². The van der Waals surface area contributed by atoms with E-state index in [1.54, 1.807) is 0 Å². The van der Waals surface area contributed by atoms with Gasteiger partial charge >= 0.3 is 5.97 Å². The minimum atomic E-state index is -0.994. The van der Waals surface area contributed by atoms with Gasteiger partial charge in [-0.05, 0) is 25.2 Å². The van der Waals surface area contributed by atoms with Crippen molar-refractivity contribution in [2.24, 2.45) is 11.7 Å². The van der Waals surface area contributed by atoms with Crippen LogP contribution < -0.4 is 5.73 Å². The van der Waals surface area contributed by atoms with Gasteiger partial charge in [0.25, 0.3) is 0 Å². The minimum Gasteiger partial charge on any atom is -0.480 e. The summed E-state index contributed by atoms with van der Waals surface area (Å²) in [5.74, 6) is -0.765. The van der Waals surface area contributed by atoms with Crippen molar-refractivity contribution in [1.82, 2.24) is 0 Å². The van der Waals surface area contributed by atoms with Gasteiger partial charge in [0.15, 0.2) is 0 Å². The van der Waals surface area contributed by atoms with E-state index in [0.29, 0.717) is 32.1 Å². The molecule has 0 bridgehead atoms. The monoisotopic (exact) mass is 216 g/mol. The first-order valence-corrected chi connectivity index (χ1v) is 5.12. The van der Waals surface area contributed by atoms with Gasteiger partial charge in [-0.15, -0.1) is 0 Å². The number of carbonyl (C=O) groups is 1. The van der Waals surface area contributed by atoms with Crippen molar-refractivity contribution < 1.29 is 14.8 Å². The molecule has 1 aliphatic rings. The van der Waals surface area contributed by atoms with Crippen molar-refractivity contribution in [1.29, 1.82) is 0 Å². The summed E-state index contributed by atoms with van der Waals surface area (Å²) < 4.78 is 0. The van der Waals surface area contributed by atoms with Gasteiger partial charge in [0, 0.05) is 17.8 Å². The zero-order chi connectivity index (χ0) is 11.4. The summed E-state index contributed by atoms with van der Waals surface area (Å²) in [5.41, 5.74) is 5.41. The molecule has 1 fully saturated rings. The summed E-state index contributed by atoms with van der Waals surface area (Å²) in [4.78, 5) is 20.7. The van der Waals surface area contributed by atoms with Crippen LogP contribution in [0.4, 0.5) is 0 Å². The lowest BCUT2D eigenvalue weighted by molar-refractivity contribution is -0.527. The van der Waals surface area contributed by atoms with Crippen LogP contribution in [0.15, 0.2) is 0 Å². The first-order chi connectivity index (χ1) is 7.00. The highest BCUT2D eigenvalue weighted by Crippen LogP contribution is 2.28. The molecular formula is C9H16N2O4. The zero-order valence-corrected chi connectivity index (χ0v) is 8.46. The Morgan fingerprint density at radius 3 is 2.40 bits per heavy atom. The number of nitrogens with two attached hydrogens (primary N) is 1. The second-order valence-corrected chi connectivity index (χ2v) is 4.14. The molecule has 1 atom stereocenters. The highest BCUT2D eigenvalue weighted by atomic mass is 16.6. The van der Waals surface area contributed by atoms with Gasteiger partial charge in [-0.2, -0.15) is 0 Å². The average molecular weight is 216 g/mol. The second-order valence-electron chi connectivity index (χ2n) is 4.14. The third-order valence-electron chi connectivity index (χ3n) is 3.02. The van der Waals surface area contributed by atoms with Crippen LogP contribution in [0, 0.1) is 16.0 Å². The summed E-state index contributed by atoms with van der Waals surface area (Å²) in [7, 11) is 0. The quantitative estimate of drug-likeness (QED) is 0.529. The minimum absolute atomic E-state index is 0.229. The summed E-state index contributed by atoms with van der Waals surface area (Å²) in [6.07, 6.45) is 2.95. The Hall–Kier alpha value is -1.17. The Morgan fingerprint density at radius 2 is 2.00 bits per heavy atom. The van der Waals surface area contributed by atoms with Crippen LogP contribution >= 0.6 is 0 Å². The Labute approximate surface area is 87.6 Å². The van der Waals surface area contributed by atoms with Crippen molar-refractivity contribution in [2.45, 2.75) is 44.2 Å². The molecule has 15 heavy (non-hydrogen) atoms. The number of nitrogens with zero attached hydrogens (tertiary/aromatic N) is 1. The molecule has 1 saturated carbocycles. The van der Waals surface area contributed by atoms with Crippen molar-refractivity contribution in [2.75, 3.05) is 0 Å². The molecule has 6 nitrogen and oxygen atoms in total. The Bertz CT molecular complexity index is 248. The molecule has 0 spiro atoms. The lowest BCUT2D eigenvalue weighted by Crippen LogP contribution is -2.34. The highest BCUT2D eigenvalue weighted by molar-refractivity contribution is 5.73. The summed E-state index contributed by atoms with van der Waals surface area (Å²) in [6, 6.07) is -1.27. The third-order valence-corrected chi connectivity index (χ3v) is 3.02. The van der Waals surface area contributed by atoms with E-state index in [2.05, 4.69) is 0 Å². The summed E-state index contributed by atoms with van der Waals surface area (Å²) in [5, 5.41) is 19.1. The number of aliphatic carboxylic acids is 1. The molecule has 0 radical (unpaired) electrons. The number of hydrogen-bond acceptors (Lipinski definition) is 4. The van der Waals surface area contributed by atoms with Gasteiger partial charge < -0.3 is 10.8 Å². The molecule has 86 valence electrons. The van der Waals surface area contributed by atoms with E-state index in [0.717, 1.165) is 0 Å². The Balaban J connectivity index is 2.31.